The number of hydrogen-bond acceptors (Lipinski definition) is 7. The van der Waals surface area contributed by atoms with Crippen LogP contribution in [0.1, 0.15) is 34.4 Å². The zero-order valence-electron chi connectivity index (χ0n) is 13.0. The third kappa shape index (κ3) is 3.89. The van der Waals surface area contributed by atoms with Crippen LogP contribution in [-0.4, -0.2) is 56.2 Å². The van der Waals surface area contributed by atoms with E-state index in [1.165, 1.54) is 11.5 Å². The minimum Gasteiger partial charge on any atom is -0.375 e. The number of aromatic nitrogens is 4. The van der Waals surface area contributed by atoms with Crippen molar-refractivity contribution in [3.8, 4) is 0 Å². The lowest BCUT2D eigenvalue weighted by Crippen LogP contribution is -2.45. The molecule has 1 amide bonds. The Bertz CT molecular complexity index is 648. The Morgan fingerprint density at radius 2 is 2.43 bits per heavy atom. The van der Waals surface area contributed by atoms with Gasteiger partial charge < -0.3 is 9.64 Å². The van der Waals surface area contributed by atoms with E-state index in [9.17, 15) is 4.79 Å². The monoisotopic (exact) mass is 333 g/mol. The Balaban J connectivity index is 1.58. The smallest absolute Gasteiger partial charge is 0.267 e. The van der Waals surface area contributed by atoms with Crippen LogP contribution in [0.5, 0.6) is 0 Å². The molecule has 3 rings (SSSR count). The van der Waals surface area contributed by atoms with Crippen LogP contribution in [0, 0.1) is 0 Å². The van der Waals surface area contributed by atoms with Gasteiger partial charge in [-0.05, 0) is 36.9 Å². The fourth-order valence-electron chi connectivity index (χ4n) is 2.60. The Morgan fingerprint density at radius 3 is 3.22 bits per heavy atom. The van der Waals surface area contributed by atoms with E-state index in [0.29, 0.717) is 24.6 Å². The van der Waals surface area contributed by atoms with E-state index in [-0.39, 0.29) is 12.0 Å². The quantitative estimate of drug-likeness (QED) is 0.822. The highest BCUT2D eigenvalue weighted by Crippen LogP contribution is 2.18. The second kappa shape index (κ2) is 7.56. The molecular weight excluding hydrogens is 314 g/mol. The second-order valence-electron chi connectivity index (χ2n) is 5.39. The van der Waals surface area contributed by atoms with E-state index >= 15 is 0 Å². The van der Waals surface area contributed by atoms with Gasteiger partial charge in [0.05, 0.1) is 18.4 Å². The number of carbonyl (C=O) groups is 1. The van der Waals surface area contributed by atoms with Gasteiger partial charge in [-0.2, -0.15) is 0 Å². The summed E-state index contributed by atoms with van der Waals surface area (Å²) in [6, 6.07) is 1.91. The van der Waals surface area contributed by atoms with E-state index in [2.05, 4.69) is 19.6 Å². The lowest BCUT2D eigenvalue weighted by Gasteiger charge is -2.32. The van der Waals surface area contributed by atoms with E-state index in [0.717, 1.165) is 30.7 Å². The van der Waals surface area contributed by atoms with Crippen molar-refractivity contribution in [1.82, 2.24) is 24.5 Å². The predicted octanol–water partition coefficient (Wildman–Crippen LogP) is 1.36. The summed E-state index contributed by atoms with van der Waals surface area (Å²) in [5, 5.41) is 4.02. The van der Waals surface area contributed by atoms with E-state index in [4.69, 9.17) is 4.74 Å². The zero-order valence-corrected chi connectivity index (χ0v) is 13.8. The van der Waals surface area contributed by atoms with Gasteiger partial charge in [0.25, 0.3) is 5.91 Å². The van der Waals surface area contributed by atoms with E-state index in [1.54, 1.807) is 12.5 Å². The molecule has 8 heteroatoms. The summed E-state index contributed by atoms with van der Waals surface area (Å²) in [6.45, 7) is 3.76. The lowest BCUT2D eigenvalue weighted by molar-refractivity contribution is -0.0245. The fourth-order valence-corrected chi connectivity index (χ4v) is 3.32. The Kier molecular flexibility index (Phi) is 5.24. The average Bonchev–Trinajstić information content (AvgIpc) is 3.09. The highest BCUT2D eigenvalue weighted by atomic mass is 32.1. The van der Waals surface area contributed by atoms with Gasteiger partial charge >= 0.3 is 0 Å². The van der Waals surface area contributed by atoms with Gasteiger partial charge in [-0.25, -0.2) is 9.97 Å². The van der Waals surface area contributed by atoms with Crippen LogP contribution in [0.2, 0.25) is 0 Å². The fraction of sp³-hybridized carbons (Fsp3) is 0.533. The molecule has 1 atom stereocenters. The molecule has 1 unspecified atom stereocenters. The van der Waals surface area contributed by atoms with Crippen molar-refractivity contribution >= 4 is 17.4 Å². The summed E-state index contributed by atoms with van der Waals surface area (Å²) in [7, 11) is 0. The number of rotatable bonds is 5. The summed E-state index contributed by atoms with van der Waals surface area (Å²) >= 11 is 1.18. The maximum absolute atomic E-state index is 12.6. The van der Waals surface area contributed by atoms with Gasteiger partial charge in [-0.15, -0.1) is 5.10 Å². The van der Waals surface area contributed by atoms with Crippen molar-refractivity contribution in [2.45, 2.75) is 32.3 Å². The topological polar surface area (TPSA) is 81.1 Å². The van der Waals surface area contributed by atoms with Crippen molar-refractivity contribution in [3.63, 3.8) is 0 Å². The largest absolute Gasteiger partial charge is 0.375 e. The van der Waals surface area contributed by atoms with E-state index < -0.39 is 0 Å². The van der Waals surface area contributed by atoms with Gasteiger partial charge in [0.15, 0.2) is 0 Å². The van der Waals surface area contributed by atoms with Crippen LogP contribution in [0.15, 0.2) is 18.6 Å². The maximum Gasteiger partial charge on any atom is 0.267 e. The number of aryl methyl sites for hydroxylation is 2. The van der Waals surface area contributed by atoms with Gasteiger partial charge in [0.1, 0.15) is 11.2 Å². The van der Waals surface area contributed by atoms with Gasteiger partial charge in [0, 0.05) is 25.0 Å². The number of amides is 1. The molecule has 23 heavy (non-hydrogen) atoms. The van der Waals surface area contributed by atoms with E-state index in [1.807, 2.05) is 17.9 Å². The molecule has 0 bridgehead atoms. The summed E-state index contributed by atoms with van der Waals surface area (Å²) in [4.78, 5) is 23.3. The molecule has 0 aromatic carbocycles. The Labute approximate surface area is 138 Å². The highest BCUT2D eigenvalue weighted by molar-refractivity contribution is 7.08. The Morgan fingerprint density at radius 1 is 1.52 bits per heavy atom. The highest BCUT2D eigenvalue weighted by Gasteiger charge is 2.27. The van der Waals surface area contributed by atoms with Gasteiger partial charge in [-0.1, -0.05) is 11.4 Å². The van der Waals surface area contributed by atoms with Crippen molar-refractivity contribution in [2.75, 3.05) is 19.7 Å². The summed E-state index contributed by atoms with van der Waals surface area (Å²) in [5.41, 5.74) is 1.77. The van der Waals surface area contributed by atoms with Crippen LogP contribution in [0.3, 0.4) is 0 Å². The van der Waals surface area contributed by atoms with Crippen molar-refractivity contribution in [1.29, 1.82) is 0 Å². The van der Waals surface area contributed by atoms with Crippen molar-refractivity contribution in [2.24, 2.45) is 0 Å². The SMILES string of the molecule is CCc1nnsc1C(=O)N1CCOC(CCc2ccncn2)C1. The molecule has 0 spiro atoms. The molecule has 3 heterocycles. The van der Waals surface area contributed by atoms with Crippen LogP contribution in [0.4, 0.5) is 0 Å². The van der Waals surface area contributed by atoms with Gasteiger partial charge in [0.2, 0.25) is 0 Å². The predicted molar refractivity (Wildman–Crippen MR) is 85.3 cm³/mol. The number of carbonyl (C=O) groups excluding carboxylic acids is 1. The first-order valence-electron chi connectivity index (χ1n) is 7.75. The first kappa shape index (κ1) is 15.9. The zero-order chi connectivity index (χ0) is 16.1. The van der Waals surface area contributed by atoms with Crippen LogP contribution >= 0.6 is 11.5 Å². The first-order chi connectivity index (χ1) is 11.3. The molecule has 7 nitrogen and oxygen atoms in total. The standard InChI is InChI=1S/C15H19N5O2S/c1-2-13-14(23-19-18-13)15(21)20-7-8-22-12(9-20)4-3-11-5-6-16-10-17-11/h5-6,10,12H,2-4,7-9H2,1H3. The molecule has 1 aliphatic heterocycles. The molecular formula is C15H19N5O2S. The minimum absolute atomic E-state index is 0.0205. The van der Waals surface area contributed by atoms with Crippen LogP contribution < -0.4 is 0 Å². The molecule has 122 valence electrons. The lowest BCUT2D eigenvalue weighted by atomic mass is 10.1. The molecule has 1 saturated heterocycles. The third-order valence-electron chi connectivity index (χ3n) is 3.88. The molecule has 0 radical (unpaired) electrons. The number of hydrogen-bond donors (Lipinski definition) is 0. The second-order valence-corrected chi connectivity index (χ2v) is 6.14. The molecule has 2 aromatic rings. The summed E-state index contributed by atoms with van der Waals surface area (Å²) < 4.78 is 9.69. The van der Waals surface area contributed by atoms with Crippen LogP contribution in [-0.2, 0) is 17.6 Å². The number of nitrogens with zero attached hydrogens (tertiary/aromatic N) is 5. The minimum atomic E-state index is 0.0205. The molecule has 1 fully saturated rings. The molecule has 2 aromatic heterocycles. The van der Waals surface area contributed by atoms with Crippen molar-refractivity contribution in [3.05, 3.63) is 34.9 Å². The molecule has 0 N–H and O–H groups in total. The number of ether oxygens (including phenoxy) is 1. The molecule has 0 aliphatic carbocycles. The first-order valence-corrected chi connectivity index (χ1v) is 8.52. The number of morpholine rings is 1. The normalized spacial score (nSPS) is 18.1. The molecule has 0 saturated carbocycles. The third-order valence-corrected chi connectivity index (χ3v) is 4.63. The summed E-state index contributed by atoms with van der Waals surface area (Å²) in [5.74, 6) is 0.0205. The summed E-state index contributed by atoms with van der Waals surface area (Å²) in [6.07, 6.45) is 5.70. The maximum atomic E-state index is 12.6. The Hall–Kier alpha value is -1.93. The van der Waals surface area contributed by atoms with Gasteiger partial charge in [-0.3, -0.25) is 4.79 Å². The van der Waals surface area contributed by atoms with Crippen LogP contribution in [0.25, 0.3) is 0 Å². The van der Waals surface area contributed by atoms with Crippen molar-refractivity contribution < 1.29 is 9.53 Å². The average molecular weight is 333 g/mol. The molecule has 1 aliphatic rings.